The number of ether oxygens (including phenoxy) is 1. The van der Waals surface area contributed by atoms with Gasteiger partial charge in [0.2, 0.25) is 0 Å². The van der Waals surface area contributed by atoms with Crippen LogP contribution in [0.15, 0.2) is 47.1 Å². The maximum Gasteiger partial charge on any atom is 0.133 e. The third-order valence-electron chi connectivity index (χ3n) is 2.67. The van der Waals surface area contributed by atoms with E-state index in [0.717, 1.165) is 27.8 Å². The minimum Gasteiger partial charge on any atom is -0.497 e. The van der Waals surface area contributed by atoms with E-state index in [2.05, 4.69) is 20.9 Å². The number of rotatable bonds is 4. The van der Waals surface area contributed by atoms with Crippen molar-refractivity contribution in [3.05, 3.63) is 58.3 Å². The van der Waals surface area contributed by atoms with Crippen LogP contribution in [0.25, 0.3) is 0 Å². The molecule has 0 radical (unpaired) electrons. The van der Waals surface area contributed by atoms with E-state index in [4.69, 9.17) is 4.74 Å². The third-order valence-corrected chi connectivity index (χ3v) is 3.17. The Kier molecular flexibility index (Phi) is 4.10. The minimum atomic E-state index is -0.353. The molecule has 2 rings (SSSR count). The minimum absolute atomic E-state index is 0.353. The quantitative estimate of drug-likeness (QED) is 0.814. The molecular formula is C14H12BrNO2. The van der Waals surface area contributed by atoms with Gasteiger partial charge in [0.15, 0.2) is 0 Å². The molecule has 0 saturated carbocycles. The van der Waals surface area contributed by atoms with Gasteiger partial charge in [-0.05, 0) is 29.8 Å². The van der Waals surface area contributed by atoms with Gasteiger partial charge >= 0.3 is 0 Å². The fourth-order valence-electron chi connectivity index (χ4n) is 1.72. The smallest absolute Gasteiger partial charge is 0.133 e. The molecule has 3 nitrogen and oxygen atoms in total. The summed E-state index contributed by atoms with van der Waals surface area (Å²) in [6.07, 6.45) is 2.58. The van der Waals surface area contributed by atoms with Crippen LogP contribution >= 0.6 is 15.9 Å². The molecule has 0 aliphatic carbocycles. The zero-order valence-electron chi connectivity index (χ0n) is 9.84. The van der Waals surface area contributed by atoms with Crippen molar-refractivity contribution in [2.24, 2.45) is 0 Å². The largest absolute Gasteiger partial charge is 0.497 e. The van der Waals surface area contributed by atoms with E-state index in [1.165, 1.54) is 0 Å². The summed E-state index contributed by atoms with van der Waals surface area (Å²) in [5, 5.41) is 0. The Labute approximate surface area is 114 Å². The van der Waals surface area contributed by atoms with Gasteiger partial charge in [0.05, 0.1) is 18.7 Å². The number of pyridine rings is 1. The molecule has 0 saturated heterocycles. The summed E-state index contributed by atoms with van der Waals surface area (Å²) in [7, 11) is 1.61. The van der Waals surface area contributed by atoms with Gasteiger partial charge in [-0.3, -0.25) is 4.98 Å². The lowest BCUT2D eigenvalue weighted by Crippen LogP contribution is -2.04. The summed E-state index contributed by atoms with van der Waals surface area (Å²) in [5.74, 6) is 0.416. The van der Waals surface area contributed by atoms with Crippen LogP contribution in [0.4, 0.5) is 0 Å². The van der Waals surface area contributed by atoms with Gasteiger partial charge in [0, 0.05) is 10.7 Å². The van der Waals surface area contributed by atoms with Crippen LogP contribution in [0.1, 0.15) is 17.2 Å². The molecule has 0 bridgehead atoms. The average Bonchev–Trinajstić information content (AvgIpc) is 2.40. The number of aldehydes is 1. The number of hydrogen-bond acceptors (Lipinski definition) is 3. The maximum absolute atomic E-state index is 11.3. The predicted molar refractivity (Wildman–Crippen MR) is 72.8 cm³/mol. The Balaban J connectivity index is 2.35. The van der Waals surface area contributed by atoms with Crippen molar-refractivity contribution >= 4 is 22.2 Å². The van der Waals surface area contributed by atoms with Crippen LogP contribution in [0.2, 0.25) is 0 Å². The molecule has 0 aliphatic heterocycles. The summed E-state index contributed by atoms with van der Waals surface area (Å²) < 4.78 is 6.01. The average molecular weight is 306 g/mol. The molecule has 1 aromatic heterocycles. The second-order valence-electron chi connectivity index (χ2n) is 3.79. The van der Waals surface area contributed by atoms with Gasteiger partial charge in [0.25, 0.3) is 0 Å². The van der Waals surface area contributed by atoms with Gasteiger partial charge in [-0.25, -0.2) is 0 Å². The highest BCUT2D eigenvalue weighted by atomic mass is 79.9. The third kappa shape index (κ3) is 2.76. The second-order valence-corrected chi connectivity index (χ2v) is 4.70. The van der Waals surface area contributed by atoms with E-state index in [1.54, 1.807) is 13.3 Å². The van der Waals surface area contributed by atoms with Crippen molar-refractivity contribution in [1.82, 2.24) is 4.98 Å². The van der Waals surface area contributed by atoms with Crippen LogP contribution < -0.4 is 4.74 Å². The van der Waals surface area contributed by atoms with E-state index < -0.39 is 0 Å². The Morgan fingerprint density at radius 1 is 1.28 bits per heavy atom. The summed E-state index contributed by atoms with van der Waals surface area (Å²) in [6, 6.07) is 11.1. The fraction of sp³-hybridized carbons (Fsp3) is 0.143. The van der Waals surface area contributed by atoms with Gasteiger partial charge in [-0.1, -0.05) is 28.1 Å². The lowest BCUT2D eigenvalue weighted by molar-refractivity contribution is -0.108. The number of hydrogen-bond donors (Lipinski definition) is 0. The fourth-order valence-corrected chi connectivity index (χ4v) is 2.07. The number of benzene rings is 1. The number of halogens is 1. The maximum atomic E-state index is 11.3. The molecule has 0 fully saturated rings. The van der Waals surface area contributed by atoms with Crippen molar-refractivity contribution in [1.29, 1.82) is 0 Å². The first-order valence-corrected chi connectivity index (χ1v) is 6.24. The van der Waals surface area contributed by atoms with Crippen molar-refractivity contribution in [3.63, 3.8) is 0 Å². The number of carbonyl (C=O) groups excluding carboxylic acids is 1. The zero-order chi connectivity index (χ0) is 13.0. The molecule has 18 heavy (non-hydrogen) atoms. The SMILES string of the molecule is COc1ccc(C(C=O)c2cc(Br)ccn2)cc1. The van der Waals surface area contributed by atoms with E-state index in [0.29, 0.717) is 0 Å². The second kappa shape index (κ2) is 5.78. The van der Waals surface area contributed by atoms with Gasteiger partial charge in [-0.2, -0.15) is 0 Å². The summed E-state index contributed by atoms with van der Waals surface area (Å²) in [5.41, 5.74) is 1.63. The van der Waals surface area contributed by atoms with E-state index in [-0.39, 0.29) is 5.92 Å². The highest BCUT2D eigenvalue weighted by Crippen LogP contribution is 2.24. The zero-order valence-corrected chi connectivity index (χ0v) is 11.4. The van der Waals surface area contributed by atoms with E-state index in [9.17, 15) is 4.79 Å². The summed E-state index contributed by atoms with van der Waals surface area (Å²) in [4.78, 5) is 15.5. The lowest BCUT2D eigenvalue weighted by atomic mass is 9.97. The molecule has 0 aliphatic rings. The first-order valence-electron chi connectivity index (χ1n) is 5.45. The van der Waals surface area contributed by atoms with Crippen LogP contribution in [0.3, 0.4) is 0 Å². The van der Waals surface area contributed by atoms with Crippen LogP contribution in [0, 0.1) is 0 Å². The molecule has 1 atom stereocenters. The number of nitrogens with zero attached hydrogens (tertiary/aromatic N) is 1. The molecule has 0 N–H and O–H groups in total. The standard InChI is InChI=1S/C14H12BrNO2/c1-18-12-4-2-10(3-5-12)13(9-17)14-8-11(15)6-7-16-14/h2-9,13H,1H3. The summed E-state index contributed by atoms with van der Waals surface area (Å²) >= 11 is 3.38. The van der Waals surface area contributed by atoms with Crippen LogP contribution in [-0.4, -0.2) is 18.4 Å². The Morgan fingerprint density at radius 3 is 2.56 bits per heavy atom. The first kappa shape index (κ1) is 12.8. The normalized spacial score (nSPS) is 11.9. The molecule has 2 aromatic rings. The van der Waals surface area contributed by atoms with Crippen molar-refractivity contribution in [2.75, 3.05) is 7.11 Å². The van der Waals surface area contributed by atoms with E-state index in [1.807, 2.05) is 36.4 Å². The number of methoxy groups -OCH3 is 1. The van der Waals surface area contributed by atoms with Gasteiger partial charge in [0.1, 0.15) is 12.0 Å². The van der Waals surface area contributed by atoms with Crippen molar-refractivity contribution < 1.29 is 9.53 Å². The highest BCUT2D eigenvalue weighted by molar-refractivity contribution is 9.10. The molecule has 0 amide bonds. The number of carbonyl (C=O) groups is 1. The highest BCUT2D eigenvalue weighted by Gasteiger charge is 2.14. The Bertz CT molecular complexity index is 540. The van der Waals surface area contributed by atoms with E-state index >= 15 is 0 Å². The lowest BCUT2D eigenvalue weighted by Gasteiger charge is -2.11. The number of aromatic nitrogens is 1. The Hall–Kier alpha value is -1.68. The monoisotopic (exact) mass is 305 g/mol. The molecule has 1 heterocycles. The van der Waals surface area contributed by atoms with Gasteiger partial charge < -0.3 is 9.53 Å². The molecule has 1 unspecified atom stereocenters. The van der Waals surface area contributed by atoms with Crippen molar-refractivity contribution in [2.45, 2.75) is 5.92 Å². The van der Waals surface area contributed by atoms with Crippen LogP contribution in [0.5, 0.6) is 5.75 Å². The van der Waals surface area contributed by atoms with Crippen LogP contribution in [-0.2, 0) is 4.79 Å². The predicted octanol–water partition coefficient (Wildman–Crippen LogP) is 3.18. The molecule has 1 aromatic carbocycles. The summed E-state index contributed by atoms with van der Waals surface area (Å²) in [6.45, 7) is 0. The van der Waals surface area contributed by atoms with Crippen molar-refractivity contribution in [3.8, 4) is 5.75 Å². The van der Waals surface area contributed by atoms with Gasteiger partial charge in [-0.15, -0.1) is 0 Å². The molecule has 92 valence electrons. The first-order chi connectivity index (χ1) is 8.74. The molecule has 4 heteroatoms. The molecular weight excluding hydrogens is 294 g/mol. The Morgan fingerprint density at radius 2 is 2.00 bits per heavy atom. The molecule has 0 spiro atoms. The topological polar surface area (TPSA) is 39.2 Å².